The highest BCUT2D eigenvalue weighted by Gasteiger charge is 2.13. The minimum absolute atomic E-state index is 0.354. The van der Waals surface area contributed by atoms with E-state index in [0.717, 1.165) is 19.4 Å². The van der Waals surface area contributed by atoms with E-state index in [-0.39, 0.29) is 0 Å². The number of hydrogen-bond acceptors (Lipinski definition) is 2. The van der Waals surface area contributed by atoms with Gasteiger partial charge in [0.1, 0.15) is 0 Å². The predicted octanol–water partition coefficient (Wildman–Crippen LogP) is 2.06. The number of methoxy groups -OCH3 is 1. The van der Waals surface area contributed by atoms with Crippen LogP contribution in [0.25, 0.3) is 0 Å². The van der Waals surface area contributed by atoms with Crippen LogP contribution in [0.4, 0.5) is 5.69 Å². The number of benzene rings is 1. The lowest BCUT2D eigenvalue weighted by molar-refractivity contribution is 0.107. The smallest absolute Gasteiger partial charge is 0.0746 e. The Bertz CT molecular complexity index is 258. The van der Waals surface area contributed by atoms with Crippen molar-refractivity contribution >= 4 is 5.69 Å². The Kier molecular flexibility index (Phi) is 2.50. The molecule has 0 amide bonds. The molecule has 1 unspecified atom stereocenters. The average Bonchev–Trinajstić information content (AvgIpc) is 2.39. The molecule has 1 aromatic carbocycles. The quantitative estimate of drug-likeness (QED) is 0.709. The van der Waals surface area contributed by atoms with Gasteiger partial charge in [-0.15, -0.1) is 0 Å². The second-order valence-corrected chi connectivity index (χ2v) is 3.43. The average molecular weight is 177 g/mol. The molecule has 1 N–H and O–H groups in total. The van der Waals surface area contributed by atoms with E-state index in [1.807, 2.05) is 0 Å². The first-order valence-corrected chi connectivity index (χ1v) is 4.74. The summed E-state index contributed by atoms with van der Waals surface area (Å²) in [6.45, 7) is 0.924. The van der Waals surface area contributed by atoms with E-state index in [9.17, 15) is 0 Å². The Morgan fingerprint density at radius 2 is 2.23 bits per heavy atom. The van der Waals surface area contributed by atoms with Crippen LogP contribution < -0.4 is 5.32 Å². The van der Waals surface area contributed by atoms with E-state index in [0.29, 0.717) is 6.10 Å². The fourth-order valence-corrected chi connectivity index (χ4v) is 1.75. The van der Waals surface area contributed by atoms with Gasteiger partial charge in [0, 0.05) is 19.3 Å². The van der Waals surface area contributed by atoms with E-state index in [1.54, 1.807) is 7.11 Å². The van der Waals surface area contributed by atoms with E-state index >= 15 is 0 Å². The molecule has 2 nitrogen and oxygen atoms in total. The van der Waals surface area contributed by atoms with E-state index in [2.05, 4.69) is 29.6 Å². The summed E-state index contributed by atoms with van der Waals surface area (Å²) in [4.78, 5) is 0. The van der Waals surface area contributed by atoms with Crippen molar-refractivity contribution in [2.75, 3.05) is 19.0 Å². The molecule has 0 spiro atoms. The number of hydrogen-bond donors (Lipinski definition) is 1. The van der Waals surface area contributed by atoms with Crippen molar-refractivity contribution in [1.29, 1.82) is 0 Å². The third-order valence-electron chi connectivity index (χ3n) is 2.61. The minimum atomic E-state index is 0.354. The lowest BCUT2D eigenvalue weighted by Gasteiger charge is -2.11. The van der Waals surface area contributed by atoms with Gasteiger partial charge in [-0.25, -0.2) is 0 Å². The molecule has 0 aromatic heterocycles. The first kappa shape index (κ1) is 8.57. The van der Waals surface area contributed by atoms with Gasteiger partial charge in [-0.1, -0.05) is 18.2 Å². The highest BCUT2D eigenvalue weighted by molar-refractivity contribution is 5.51. The largest absolute Gasteiger partial charge is 0.382 e. The fourth-order valence-electron chi connectivity index (χ4n) is 1.75. The molecule has 0 radical (unpaired) electrons. The summed E-state index contributed by atoms with van der Waals surface area (Å²) in [6, 6.07) is 8.47. The second kappa shape index (κ2) is 3.79. The van der Waals surface area contributed by atoms with Crippen molar-refractivity contribution in [3.63, 3.8) is 0 Å². The van der Waals surface area contributed by atoms with Gasteiger partial charge in [0.25, 0.3) is 0 Å². The van der Waals surface area contributed by atoms with Crippen molar-refractivity contribution in [2.45, 2.75) is 18.9 Å². The van der Waals surface area contributed by atoms with E-state index in [1.165, 1.54) is 11.3 Å². The first-order chi connectivity index (χ1) is 6.40. The molecule has 1 aromatic rings. The summed E-state index contributed by atoms with van der Waals surface area (Å²) in [6.07, 6.45) is 2.58. The number of para-hydroxylation sites is 1. The zero-order chi connectivity index (χ0) is 9.10. The van der Waals surface area contributed by atoms with Gasteiger partial charge in [-0.05, 0) is 24.5 Å². The van der Waals surface area contributed by atoms with Crippen molar-refractivity contribution in [3.8, 4) is 0 Å². The Morgan fingerprint density at radius 3 is 3.08 bits per heavy atom. The molecule has 1 aliphatic heterocycles. The summed E-state index contributed by atoms with van der Waals surface area (Å²) < 4.78 is 5.34. The minimum Gasteiger partial charge on any atom is -0.382 e. The molecule has 2 heteroatoms. The van der Waals surface area contributed by atoms with E-state index < -0.39 is 0 Å². The number of aryl methyl sites for hydroxylation is 1. The Balaban J connectivity index is 2.17. The second-order valence-electron chi connectivity index (χ2n) is 3.43. The molecule has 0 saturated carbocycles. The lowest BCUT2D eigenvalue weighted by Crippen LogP contribution is -2.19. The molecule has 1 heterocycles. The lowest BCUT2D eigenvalue weighted by atomic mass is 10.1. The zero-order valence-corrected chi connectivity index (χ0v) is 7.92. The molecular formula is C11H15NO. The maximum Gasteiger partial charge on any atom is 0.0746 e. The third-order valence-corrected chi connectivity index (χ3v) is 2.61. The van der Waals surface area contributed by atoms with Gasteiger partial charge in [-0.2, -0.15) is 0 Å². The molecule has 2 rings (SSSR count). The Morgan fingerprint density at radius 1 is 1.38 bits per heavy atom. The monoisotopic (exact) mass is 177 g/mol. The topological polar surface area (TPSA) is 21.3 Å². The predicted molar refractivity (Wildman–Crippen MR) is 54.0 cm³/mol. The molecule has 0 bridgehead atoms. The zero-order valence-electron chi connectivity index (χ0n) is 7.92. The number of rotatable bonds is 1. The SMILES string of the molecule is COC1CCc2ccccc2NC1. The first-order valence-electron chi connectivity index (χ1n) is 4.74. The van der Waals surface area contributed by atoms with Gasteiger partial charge in [0.15, 0.2) is 0 Å². The van der Waals surface area contributed by atoms with Crippen molar-refractivity contribution in [2.24, 2.45) is 0 Å². The van der Waals surface area contributed by atoms with E-state index in [4.69, 9.17) is 4.74 Å². The number of fused-ring (bicyclic) bond motifs is 1. The maximum absolute atomic E-state index is 5.34. The van der Waals surface area contributed by atoms with Crippen LogP contribution in [0.1, 0.15) is 12.0 Å². The van der Waals surface area contributed by atoms with Crippen LogP contribution >= 0.6 is 0 Å². The fraction of sp³-hybridized carbons (Fsp3) is 0.455. The molecule has 0 aliphatic carbocycles. The van der Waals surface area contributed by atoms with Gasteiger partial charge < -0.3 is 10.1 Å². The summed E-state index contributed by atoms with van der Waals surface area (Å²) in [5, 5.41) is 3.40. The molecule has 0 fully saturated rings. The maximum atomic E-state index is 5.34. The molecule has 13 heavy (non-hydrogen) atoms. The van der Waals surface area contributed by atoms with Gasteiger partial charge >= 0.3 is 0 Å². The van der Waals surface area contributed by atoms with Crippen LogP contribution in [0, 0.1) is 0 Å². The van der Waals surface area contributed by atoms with Crippen LogP contribution in [0.15, 0.2) is 24.3 Å². The Hall–Kier alpha value is -1.02. The van der Waals surface area contributed by atoms with Crippen LogP contribution in [0.3, 0.4) is 0 Å². The molecular weight excluding hydrogens is 162 g/mol. The van der Waals surface area contributed by atoms with Gasteiger partial charge in [0.05, 0.1) is 6.10 Å². The number of anilines is 1. The van der Waals surface area contributed by atoms with Gasteiger partial charge in [0.2, 0.25) is 0 Å². The molecule has 0 saturated heterocycles. The van der Waals surface area contributed by atoms with Crippen LogP contribution in [-0.2, 0) is 11.2 Å². The van der Waals surface area contributed by atoms with Crippen molar-refractivity contribution in [1.82, 2.24) is 0 Å². The standard InChI is InChI=1S/C11H15NO/c1-13-10-7-6-9-4-2-3-5-11(9)12-8-10/h2-5,10,12H,6-8H2,1H3. The van der Waals surface area contributed by atoms with Crippen LogP contribution in [-0.4, -0.2) is 19.8 Å². The van der Waals surface area contributed by atoms with Crippen LogP contribution in [0.2, 0.25) is 0 Å². The van der Waals surface area contributed by atoms with Crippen molar-refractivity contribution < 1.29 is 4.74 Å². The number of nitrogens with one attached hydrogen (secondary N) is 1. The van der Waals surface area contributed by atoms with Gasteiger partial charge in [-0.3, -0.25) is 0 Å². The third kappa shape index (κ3) is 1.83. The molecule has 70 valence electrons. The summed E-state index contributed by atoms with van der Waals surface area (Å²) >= 11 is 0. The summed E-state index contributed by atoms with van der Waals surface area (Å²) in [5.74, 6) is 0. The molecule has 1 aliphatic rings. The summed E-state index contributed by atoms with van der Waals surface area (Å²) in [5.41, 5.74) is 2.67. The van der Waals surface area contributed by atoms with Crippen LogP contribution in [0.5, 0.6) is 0 Å². The van der Waals surface area contributed by atoms with Crippen molar-refractivity contribution in [3.05, 3.63) is 29.8 Å². The Labute approximate surface area is 78.9 Å². The highest BCUT2D eigenvalue weighted by Crippen LogP contribution is 2.21. The molecule has 1 atom stereocenters. The summed E-state index contributed by atoms with van der Waals surface area (Å²) in [7, 11) is 1.78. The highest BCUT2D eigenvalue weighted by atomic mass is 16.5. The number of ether oxygens (including phenoxy) is 1. The normalized spacial score (nSPS) is 21.5.